The van der Waals surface area contributed by atoms with Crippen LogP contribution in [0.2, 0.25) is 0 Å². The van der Waals surface area contributed by atoms with Crippen LogP contribution in [0.25, 0.3) is 0 Å². The summed E-state index contributed by atoms with van der Waals surface area (Å²) in [6.45, 7) is 1.54. The van der Waals surface area contributed by atoms with E-state index in [-0.39, 0.29) is 24.3 Å². The predicted octanol–water partition coefficient (Wildman–Crippen LogP) is 3.82. The standard InChI is InChI=1S/C15H16F5N3S/c16-14(17)9-23-5-3-22(4-6-23)8-11-1-2-12(21-10-24)7-13(11)15(18,19)20/h1-2,7,14H,3-6,8-9H2. The summed E-state index contributed by atoms with van der Waals surface area (Å²) >= 11 is 4.41. The maximum atomic E-state index is 13.2. The summed E-state index contributed by atoms with van der Waals surface area (Å²) in [5.41, 5.74) is -0.528. The number of nitrogens with zero attached hydrogens (tertiary/aromatic N) is 3. The number of isothiocyanates is 1. The fraction of sp³-hybridized carbons (Fsp3) is 0.533. The first-order valence-electron chi connectivity index (χ1n) is 7.30. The Kier molecular flexibility index (Phi) is 6.40. The third kappa shape index (κ3) is 5.31. The van der Waals surface area contributed by atoms with E-state index in [1.54, 1.807) is 4.90 Å². The number of piperazine rings is 1. The zero-order chi connectivity index (χ0) is 17.7. The van der Waals surface area contributed by atoms with Gasteiger partial charge in [-0.15, -0.1) is 0 Å². The van der Waals surface area contributed by atoms with Crippen molar-refractivity contribution < 1.29 is 22.0 Å². The van der Waals surface area contributed by atoms with Gasteiger partial charge >= 0.3 is 6.18 Å². The maximum Gasteiger partial charge on any atom is 0.416 e. The van der Waals surface area contributed by atoms with Gasteiger partial charge in [0.2, 0.25) is 0 Å². The first-order valence-corrected chi connectivity index (χ1v) is 7.71. The van der Waals surface area contributed by atoms with Gasteiger partial charge in [-0.1, -0.05) is 6.07 Å². The highest BCUT2D eigenvalue weighted by atomic mass is 32.1. The van der Waals surface area contributed by atoms with Crippen LogP contribution < -0.4 is 0 Å². The molecule has 24 heavy (non-hydrogen) atoms. The average molecular weight is 365 g/mol. The van der Waals surface area contributed by atoms with Crippen LogP contribution in [0.4, 0.5) is 27.6 Å². The Morgan fingerprint density at radius 2 is 1.75 bits per heavy atom. The van der Waals surface area contributed by atoms with E-state index in [2.05, 4.69) is 17.2 Å². The number of thiocarbonyl (C=S) groups is 1. The molecule has 0 aromatic heterocycles. The van der Waals surface area contributed by atoms with Crippen LogP contribution in [0, 0.1) is 0 Å². The Morgan fingerprint density at radius 3 is 2.29 bits per heavy atom. The first-order chi connectivity index (χ1) is 11.3. The van der Waals surface area contributed by atoms with Crippen LogP contribution in [-0.2, 0) is 12.7 Å². The summed E-state index contributed by atoms with van der Waals surface area (Å²) in [4.78, 5) is 7.02. The zero-order valence-corrected chi connectivity index (χ0v) is 13.5. The van der Waals surface area contributed by atoms with Crippen molar-refractivity contribution in [3.05, 3.63) is 29.3 Å². The Balaban J connectivity index is 2.08. The number of halogens is 5. The Hall–Kier alpha value is -1.41. The largest absolute Gasteiger partial charge is 0.416 e. The highest BCUT2D eigenvalue weighted by molar-refractivity contribution is 7.78. The molecular formula is C15H16F5N3S. The van der Waals surface area contributed by atoms with Crippen LogP contribution in [0.3, 0.4) is 0 Å². The molecule has 0 spiro atoms. The molecule has 1 aliphatic rings. The van der Waals surface area contributed by atoms with E-state index < -0.39 is 18.2 Å². The van der Waals surface area contributed by atoms with E-state index >= 15 is 0 Å². The van der Waals surface area contributed by atoms with Gasteiger partial charge in [-0.25, -0.2) is 8.78 Å². The molecule has 1 aromatic rings. The summed E-state index contributed by atoms with van der Waals surface area (Å²) in [6, 6.07) is 3.78. The molecular weight excluding hydrogens is 349 g/mol. The second-order valence-electron chi connectivity index (χ2n) is 5.51. The summed E-state index contributed by atoms with van der Waals surface area (Å²) in [5.74, 6) is 0. The van der Waals surface area contributed by atoms with Gasteiger partial charge < -0.3 is 0 Å². The van der Waals surface area contributed by atoms with E-state index in [0.717, 1.165) is 6.07 Å². The minimum absolute atomic E-state index is 0.0998. The van der Waals surface area contributed by atoms with Crippen LogP contribution in [-0.4, -0.2) is 54.1 Å². The molecule has 0 bridgehead atoms. The molecule has 9 heteroatoms. The summed E-state index contributed by atoms with van der Waals surface area (Å²) in [6.07, 6.45) is -6.90. The van der Waals surface area contributed by atoms with E-state index in [4.69, 9.17) is 0 Å². The van der Waals surface area contributed by atoms with Crippen molar-refractivity contribution >= 4 is 23.1 Å². The maximum absolute atomic E-state index is 13.2. The molecule has 1 aliphatic heterocycles. The van der Waals surface area contributed by atoms with E-state index in [0.29, 0.717) is 26.2 Å². The SMILES string of the molecule is FC(F)CN1CCN(Cc2ccc(N=C=S)cc2C(F)(F)F)CC1. The van der Waals surface area contributed by atoms with Crippen molar-refractivity contribution in [2.24, 2.45) is 4.99 Å². The molecule has 2 rings (SSSR count). The van der Waals surface area contributed by atoms with E-state index in [1.165, 1.54) is 12.1 Å². The van der Waals surface area contributed by atoms with E-state index in [9.17, 15) is 22.0 Å². The normalized spacial score (nSPS) is 17.1. The molecule has 0 amide bonds. The number of benzene rings is 1. The van der Waals surface area contributed by atoms with Crippen molar-refractivity contribution in [1.29, 1.82) is 0 Å². The minimum atomic E-state index is -4.50. The smallest absolute Gasteiger partial charge is 0.297 e. The summed E-state index contributed by atoms with van der Waals surface area (Å²) in [5, 5.41) is 2.05. The third-order valence-corrected chi connectivity index (χ3v) is 3.92. The molecule has 0 unspecified atom stereocenters. The van der Waals surface area contributed by atoms with Crippen LogP contribution in [0.1, 0.15) is 11.1 Å². The molecule has 1 heterocycles. The van der Waals surface area contributed by atoms with Gasteiger partial charge in [0.1, 0.15) is 0 Å². The molecule has 1 fully saturated rings. The number of hydrogen-bond acceptors (Lipinski definition) is 4. The third-order valence-electron chi connectivity index (χ3n) is 3.83. The topological polar surface area (TPSA) is 18.8 Å². The average Bonchev–Trinajstić information content (AvgIpc) is 2.49. The Labute approximate surface area is 141 Å². The van der Waals surface area contributed by atoms with Gasteiger partial charge in [-0.3, -0.25) is 9.80 Å². The lowest BCUT2D eigenvalue weighted by Crippen LogP contribution is -2.47. The summed E-state index contributed by atoms with van der Waals surface area (Å²) in [7, 11) is 0. The molecule has 0 radical (unpaired) electrons. The molecule has 3 nitrogen and oxygen atoms in total. The van der Waals surface area contributed by atoms with Crippen LogP contribution >= 0.6 is 12.2 Å². The fourth-order valence-corrected chi connectivity index (χ4v) is 2.76. The van der Waals surface area contributed by atoms with Gasteiger partial charge in [-0.05, 0) is 29.9 Å². The Bertz CT molecular complexity index is 606. The van der Waals surface area contributed by atoms with Crippen molar-refractivity contribution in [3.8, 4) is 0 Å². The van der Waals surface area contributed by atoms with Crippen LogP contribution in [0.15, 0.2) is 23.2 Å². The van der Waals surface area contributed by atoms with Crippen molar-refractivity contribution in [3.63, 3.8) is 0 Å². The first kappa shape index (κ1) is 18.9. The van der Waals surface area contributed by atoms with Gasteiger partial charge in [0.05, 0.1) is 23.0 Å². The zero-order valence-electron chi connectivity index (χ0n) is 12.7. The van der Waals surface area contributed by atoms with Crippen molar-refractivity contribution in [2.45, 2.75) is 19.1 Å². The van der Waals surface area contributed by atoms with Crippen LogP contribution in [0.5, 0.6) is 0 Å². The number of hydrogen-bond donors (Lipinski definition) is 0. The van der Waals surface area contributed by atoms with Gasteiger partial charge in [0.25, 0.3) is 6.43 Å². The molecule has 0 aliphatic carbocycles. The molecule has 132 valence electrons. The highest BCUT2D eigenvalue weighted by Crippen LogP contribution is 2.35. The van der Waals surface area contributed by atoms with E-state index in [1.807, 2.05) is 10.1 Å². The van der Waals surface area contributed by atoms with Gasteiger partial charge in [-0.2, -0.15) is 18.2 Å². The molecule has 0 saturated carbocycles. The number of aliphatic imine (C=N–C) groups is 1. The molecule has 1 aromatic carbocycles. The molecule has 0 atom stereocenters. The van der Waals surface area contributed by atoms with Gasteiger partial charge in [0, 0.05) is 32.7 Å². The lowest BCUT2D eigenvalue weighted by Gasteiger charge is -2.34. The molecule has 0 N–H and O–H groups in total. The number of rotatable bonds is 5. The second-order valence-corrected chi connectivity index (χ2v) is 5.69. The van der Waals surface area contributed by atoms with Crippen molar-refractivity contribution in [1.82, 2.24) is 9.80 Å². The fourth-order valence-electron chi connectivity index (χ4n) is 2.65. The van der Waals surface area contributed by atoms with Gasteiger partial charge in [0.15, 0.2) is 0 Å². The lowest BCUT2D eigenvalue weighted by molar-refractivity contribution is -0.138. The quantitative estimate of drug-likeness (QED) is 0.449. The monoisotopic (exact) mass is 365 g/mol. The minimum Gasteiger partial charge on any atom is -0.297 e. The van der Waals surface area contributed by atoms with Crippen molar-refractivity contribution in [2.75, 3.05) is 32.7 Å². The lowest BCUT2D eigenvalue weighted by atomic mass is 10.0. The highest BCUT2D eigenvalue weighted by Gasteiger charge is 2.34. The summed E-state index contributed by atoms with van der Waals surface area (Å²) < 4.78 is 64.4. The Morgan fingerprint density at radius 1 is 1.12 bits per heavy atom. The molecule has 1 saturated heterocycles. The predicted molar refractivity (Wildman–Crippen MR) is 83.9 cm³/mol. The number of alkyl halides is 5. The second kappa shape index (κ2) is 8.11.